The Morgan fingerprint density at radius 1 is 1.08 bits per heavy atom. The summed E-state index contributed by atoms with van der Waals surface area (Å²) in [5, 5.41) is 3.78. The number of rotatable bonds is 10. The second-order valence-corrected chi connectivity index (χ2v) is 9.77. The molecule has 0 aliphatic carbocycles. The molecule has 2 heterocycles. The number of thiophene rings is 1. The molecule has 8 heteroatoms. The monoisotopic (exact) mass is 522 g/mol. The van der Waals surface area contributed by atoms with Crippen molar-refractivity contribution < 1.29 is 9.13 Å². The molecule has 0 atom stereocenters. The molecule has 0 bridgehead atoms. The second-order valence-electron chi connectivity index (χ2n) is 8.31. The fraction of sp³-hybridized carbons (Fsp3) is 0.286. The van der Waals surface area contributed by atoms with Gasteiger partial charge in [0.15, 0.2) is 5.82 Å². The van der Waals surface area contributed by atoms with E-state index in [0.717, 1.165) is 58.8 Å². The molecular formula is C28H28ClFN4OS. The summed E-state index contributed by atoms with van der Waals surface area (Å²) >= 11 is 8.02. The Balaban J connectivity index is 1.45. The summed E-state index contributed by atoms with van der Waals surface area (Å²) in [4.78, 5) is 12.2. The van der Waals surface area contributed by atoms with Crippen molar-refractivity contribution in [2.75, 3.05) is 25.0 Å². The van der Waals surface area contributed by atoms with Crippen molar-refractivity contribution >= 4 is 44.7 Å². The second kappa shape index (κ2) is 12.7. The lowest BCUT2D eigenvalue weighted by atomic mass is 10.2. The zero-order chi connectivity index (χ0) is 25.3. The summed E-state index contributed by atoms with van der Waals surface area (Å²) in [7, 11) is 0. The van der Waals surface area contributed by atoms with Gasteiger partial charge in [-0.25, -0.2) is 14.4 Å². The van der Waals surface area contributed by atoms with E-state index >= 15 is 0 Å². The summed E-state index contributed by atoms with van der Waals surface area (Å²) in [6.07, 6.45) is 3.79. The number of fused-ring (bicyclic) bond motifs is 1. The van der Waals surface area contributed by atoms with Gasteiger partial charge in [-0.3, -0.25) is 4.90 Å². The van der Waals surface area contributed by atoms with Crippen molar-refractivity contribution in [2.24, 2.45) is 0 Å². The molecule has 2 aromatic carbocycles. The van der Waals surface area contributed by atoms with Gasteiger partial charge in [-0.15, -0.1) is 11.3 Å². The topological polar surface area (TPSA) is 50.3 Å². The minimum absolute atomic E-state index is 0.227. The molecule has 0 unspecified atom stereocenters. The Hall–Kier alpha value is -3.18. The molecule has 0 amide bonds. The van der Waals surface area contributed by atoms with Gasteiger partial charge in [-0.1, -0.05) is 49.4 Å². The molecule has 0 fully saturated rings. The molecule has 0 radical (unpaired) electrons. The first kappa shape index (κ1) is 25.9. The third kappa shape index (κ3) is 6.94. The van der Waals surface area contributed by atoms with E-state index in [9.17, 15) is 4.39 Å². The predicted octanol–water partition coefficient (Wildman–Crippen LogP) is 7.28. The molecule has 0 aliphatic rings. The van der Waals surface area contributed by atoms with Crippen LogP contribution in [0.4, 0.5) is 15.9 Å². The lowest BCUT2D eigenvalue weighted by molar-refractivity contribution is 0.306. The fourth-order valence-electron chi connectivity index (χ4n) is 3.77. The molecule has 186 valence electrons. The first-order valence-electron chi connectivity index (χ1n) is 11.9. The van der Waals surface area contributed by atoms with Gasteiger partial charge in [0.1, 0.15) is 24.5 Å². The Morgan fingerprint density at radius 3 is 2.67 bits per heavy atom. The summed E-state index contributed by atoms with van der Waals surface area (Å²) < 4.78 is 20.1. The fourth-order valence-corrected chi connectivity index (χ4v) is 4.93. The third-order valence-corrected chi connectivity index (χ3v) is 6.72. The third-order valence-electron chi connectivity index (χ3n) is 5.38. The normalized spacial score (nSPS) is 10.9. The largest absolute Gasteiger partial charge is 0.487 e. The van der Waals surface area contributed by atoms with Crippen molar-refractivity contribution in [2.45, 2.75) is 33.3 Å². The number of aromatic nitrogens is 2. The quantitative estimate of drug-likeness (QED) is 0.222. The highest BCUT2D eigenvalue weighted by atomic mass is 35.5. The maximum Gasteiger partial charge on any atom is 0.151 e. The number of halogens is 2. The summed E-state index contributed by atoms with van der Waals surface area (Å²) in [6, 6.07) is 13.7. The molecule has 5 nitrogen and oxygen atoms in total. The Labute approximate surface area is 220 Å². The summed E-state index contributed by atoms with van der Waals surface area (Å²) in [5.41, 5.74) is 2.35. The summed E-state index contributed by atoms with van der Waals surface area (Å²) in [6.45, 7) is 7.49. The maximum atomic E-state index is 13.4. The van der Waals surface area contributed by atoms with Gasteiger partial charge in [0, 0.05) is 5.69 Å². The van der Waals surface area contributed by atoms with Crippen LogP contribution in [-0.2, 0) is 6.61 Å². The lowest BCUT2D eigenvalue weighted by Gasteiger charge is -2.17. The number of nitrogens with one attached hydrogen (secondary N) is 1. The highest BCUT2D eigenvalue weighted by Gasteiger charge is 2.10. The van der Waals surface area contributed by atoms with Gasteiger partial charge >= 0.3 is 0 Å². The van der Waals surface area contributed by atoms with Crippen molar-refractivity contribution in [1.29, 1.82) is 0 Å². The molecule has 0 saturated heterocycles. The van der Waals surface area contributed by atoms with Crippen molar-refractivity contribution in [3.63, 3.8) is 0 Å². The molecule has 4 aromatic rings. The maximum absolute atomic E-state index is 13.4. The summed E-state index contributed by atoms with van der Waals surface area (Å²) in [5.74, 6) is 7.52. The minimum atomic E-state index is -0.296. The van der Waals surface area contributed by atoms with Gasteiger partial charge in [-0.05, 0) is 67.9 Å². The molecule has 0 saturated carbocycles. The molecule has 0 spiro atoms. The zero-order valence-corrected chi connectivity index (χ0v) is 21.9. The van der Waals surface area contributed by atoms with Crippen LogP contribution in [0.3, 0.4) is 0 Å². The average Bonchev–Trinajstić information content (AvgIpc) is 3.28. The average molecular weight is 523 g/mol. The van der Waals surface area contributed by atoms with Crippen molar-refractivity contribution in [1.82, 2.24) is 14.9 Å². The highest BCUT2D eigenvalue weighted by molar-refractivity contribution is 7.20. The van der Waals surface area contributed by atoms with Gasteiger partial charge < -0.3 is 10.1 Å². The molecular weight excluding hydrogens is 495 g/mol. The van der Waals surface area contributed by atoms with Crippen LogP contribution in [-0.4, -0.2) is 34.5 Å². The standard InChI is InChI=1S/C28H28ClFN4OS/c1-3-12-34(13-4-2)14-6-9-23-17-25-27(36-23)28(32-19-31-25)33-22-10-11-26(24(29)16-22)35-18-20-7-5-8-21(30)15-20/h5,7-8,10-11,15-17,19H,3-4,12-14,18H2,1-2H3,(H,31,32,33). The lowest BCUT2D eigenvalue weighted by Crippen LogP contribution is -2.25. The Kier molecular flexibility index (Phi) is 9.12. The number of ether oxygens (including phenoxy) is 1. The predicted molar refractivity (Wildman–Crippen MR) is 147 cm³/mol. The molecule has 36 heavy (non-hydrogen) atoms. The van der Waals surface area contributed by atoms with Crippen LogP contribution in [0.1, 0.15) is 37.1 Å². The van der Waals surface area contributed by atoms with E-state index < -0.39 is 0 Å². The van der Waals surface area contributed by atoms with Gasteiger partial charge in [-0.2, -0.15) is 0 Å². The van der Waals surface area contributed by atoms with E-state index in [-0.39, 0.29) is 12.4 Å². The van der Waals surface area contributed by atoms with E-state index in [1.54, 1.807) is 35.6 Å². The molecule has 1 N–H and O–H groups in total. The van der Waals surface area contributed by atoms with Crippen molar-refractivity contribution in [3.05, 3.63) is 76.1 Å². The van der Waals surface area contributed by atoms with Crippen LogP contribution >= 0.6 is 22.9 Å². The molecule has 4 rings (SSSR count). The van der Waals surface area contributed by atoms with Gasteiger partial charge in [0.05, 0.1) is 26.7 Å². The van der Waals surface area contributed by atoms with E-state index in [1.807, 2.05) is 12.1 Å². The van der Waals surface area contributed by atoms with Crippen LogP contribution in [0.5, 0.6) is 5.75 Å². The van der Waals surface area contributed by atoms with E-state index in [2.05, 4.69) is 45.9 Å². The first-order valence-corrected chi connectivity index (χ1v) is 13.1. The minimum Gasteiger partial charge on any atom is -0.487 e. The number of hydrogen-bond donors (Lipinski definition) is 1. The highest BCUT2D eigenvalue weighted by Crippen LogP contribution is 2.33. The Bertz CT molecular complexity index is 1370. The number of anilines is 2. The van der Waals surface area contributed by atoms with Crippen LogP contribution in [0.25, 0.3) is 10.2 Å². The SMILES string of the molecule is CCCN(CC#Cc1cc2ncnc(Nc3ccc(OCc4cccc(F)c4)c(Cl)c3)c2s1)CCC. The number of benzene rings is 2. The zero-order valence-electron chi connectivity index (χ0n) is 20.4. The van der Waals surface area contributed by atoms with Crippen LogP contribution in [0.2, 0.25) is 5.02 Å². The molecule has 2 aromatic heterocycles. The van der Waals surface area contributed by atoms with E-state index in [0.29, 0.717) is 16.6 Å². The van der Waals surface area contributed by atoms with Crippen LogP contribution in [0.15, 0.2) is 54.9 Å². The molecule has 0 aliphatic heterocycles. The van der Waals surface area contributed by atoms with Crippen LogP contribution in [0, 0.1) is 17.7 Å². The van der Waals surface area contributed by atoms with Gasteiger partial charge in [0.25, 0.3) is 0 Å². The Morgan fingerprint density at radius 2 is 1.92 bits per heavy atom. The van der Waals surface area contributed by atoms with Crippen molar-refractivity contribution in [3.8, 4) is 17.6 Å². The smallest absolute Gasteiger partial charge is 0.151 e. The number of nitrogens with zero attached hydrogens (tertiary/aromatic N) is 3. The van der Waals surface area contributed by atoms with E-state index in [4.69, 9.17) is 16.3 Å². The number of hydrogen-bond acceptors (Lipinski definition) is 6. The first-order chi connectivity index (χ1) is 17.6. The van der Waals surface area contributed by atoms with Crippen LogP contribution < -0.4 is 10.1 Å². The van der Waals surface area contributed by atoms with Gasteiger partial charge in [0.2, 0.25) is 0 Å². The van der Waals surface area contributed by atoms with E-state index in [1.165, 1.54) is 18.5 Å².